The molecule has 0 amide bonds. The zero-order valence-electron chi connectivity index (χ0n) is 13.9. The minimum absolute atomic E-state index is 0.0511. The van der Waals surface area contributed by atoms with Crippen LogP contribution in [0.5, 0.6) is 0 Å². The van der Waals surface area contributed by atoms with Crippen LogP contribution in [0.3, 0.4) is 0 Å². The predicted octanol–water partition coefficient (Wildman–Crippen LogP) is 3.50. The van der Waals surface area contributed by atoms with Crippen LogP contribution in [0.2, 0.25) is 0 Å². The maximum Gasteiger partial charge on any atom is 0.174 e. The molecule has 1 aliphatic heterocycles. The summed E-state index contributed by atoms with van der Waals surface area (Å²) in [7, 11) is -3.15. The fourth-order valence-electron chi connectivity index (χ4n) is 2.71. The number of anilines is 1. The molecule has 3 rings (SSSR count). The summed E-state index contributed by atoms with van der Waals surface area (Å²) >= 11 is 5.59. The molecule has 0 spiro atoms. The van der Waals surface area contributed by atoms with Crippen LogP contribution >= 0.6 is 12.2 Å². The topological polar surface area (TPSA) is 49.4 Å². The van der Waals surface area contributed by atoms with Crippen LogP contribution in [0.4, 0.5) is 5.69 Å². The summed E-state index contributed by atoms with van der Waals surface area (Å²) in [6.45, 7) is 2.57. The number of benzene rings is 2. The molecule has 0 saturated heterocycles. The lowest BCUT2D eigenvalue weighted by atomic mass is 10.2. The van der Waals surface area contributed by atoms with Crippen molar-refractivity contribution < 1.29 is 8.42 Å². The van der Waals surface area contributed by atoms with Gasteiger partial charge in [-0.25, -0.2) is 8.42 Å². The van der Waals surface area contributed by atoms with E-state index in [2.05, 4.69) is 5.32 Å². The number of hydrogen-bond acceptors (Lipinski definition) is 3. The minimum atomic E-state index is -3.15. The second-order valence-corrected chi connectivity index (χ2v) is 8.45. The molecule has 25 heavy (non-hydrogen) atoms. The fraction of sp³-hybridized carbons (Fsp3) is 0.211. The van der Waals surface area contributed by atoms with E-state index in [0.29, 0.717) is 11.7 Å². The third kappa shape index (κ3) is 4.67. The van der Waals surface area contributed by atoms with Crippen LogP contribution in [0.1, 0.15) is 11.1 Å². The average Bonchev–Trinajstić information content (AvgIpc) is 2.95. The van der Waals surface area contributed by atoms with Gasteiger partial charge in [0.25, 0.3) is 0 Å². The second-order valence-electron chi connectivity index (χ2n) is 6.14. The molecular formula is C19H20N2O2S2. The molecule has 0 bridgehead atoms. The number of sulfone groups is 1. The van der Waals surface area contributed by atoms with Gasteiger partial charge >= 0.3 is 0 Å². The minimum Gasteiger partial charge on any atom is -0.337 e. The van der Waals surface area contributed by atoms with Crippen molar-refractivity contribution >= 4 is 32.9 Å². The van der Waals surface area contributed by atoms with Crippen molar-refractivity contribution in [2.45, 2.75) is 19.5 Å². The molecular weight excluding hydrogens is 352 g/mol. The van der Waals surface area contributed by atoms with E-state index in [0.717, 1.165) is 11.3 Å². The van der Waals surface area contributed by atoms with E-state index in [1.165, 1.54) is 11.0 Å². The van der Waals surface area contributed by atoms with E-state index in [1.54, 1.807) is 6.08 Å². The van der Waals surface area contributed by atoms with Gasteiger partial charge in [-0.05, 0) is 42.9 Å². The highest BCUT2D eigenvalue weighted by atomic mass is 32.2. The van der Waals surface area contributed by atoms with Crippen molar-refractivity contribution in [2.24, 2.45) is 0 Å². The molecule has 4 nitrogen and oxygen atoms in total. The Morgan fingerprint density at radius 1 is 1.16 bits per heavy atom. The average molecular weight is 373 g/mol. The standard InChI is InChI=1S/C19H20N2O2S2/c1-15-7-9-17(10-8-15)20-19(24)21(13-16-5-3-2-4-6-16)18-11-12-25(22,23)14-18/h2-12,18H,13-14H2,1H3,(H,20,24)/t18-/m1/s1. The third-order valence-electron chi connectivity index (χ3n) is 4.07. The first-order chi connectivity index (χ1) is 11.9. The molecule has 1 N–H and O–H groups in total. The molecule has 0 aliphatic carbocycles. The molecule has 0 aromatic heterocycles. The monoisotopic (exact) mass is 372 g/mol. The normalized spacial score (nSPS) is 18.0. The van der Waals surface area contributed by atoms with Crippen LogP contribution in [-0.4, -0.2) is 30.2 Å². The molecule has 0 unspecified atom stereocenters. The van der Waals surface area contributed by atoms with E-state index < -0.39 is 9.84 Å². The van der Waals surface area contributed by atoms with Gasteiger partial charge in [-0.3, -0.25) is 0 Å². The summed E-state index contributed by atoms with van der Waals surface area (Å²) < 4.78 is 23.7. The second kappa shape index (κ2) is 7.37. The van der Waals surface area contributed by atoms with Crippen LogP contribution in [0.25, 0.3) is 0 Å². The summed E-state index contributed by atoms with van der Waals surface area (Å²) in [5.41, 5.74) is 3.13. The van der Waals surface area contributed by atoms with Gasteiger partial charge in [-0.1, -0.05) is 48.0 Å². The van der Waals surface area contributed by atoms with Gasteiger partial charge in [-0.2, -0.15) is 0 Å². The van der Waals surface area contributed by atoms with E-state index >= 15 is 0 Å². The van der Waals surface area contributed by atoms with Crippen LogP contribution in [-0.2, 0) is 16.4 Å². The van der Waals surface area contributed by atoms with Gasteiger partial charge in [0, 0.05) is 17.6 Å². The highest BCUT2D eigenvalue weighted by molar-refractivity contribution is 7.94. The summed E-state index contributed by atoms with van der Waals surface area (Å²) in [5.74, 6) is 0.0511. The summed E-state index contributed by atoms with van der Waals surface area (Å²) in [4.78, 5) is 1.92. The molecule has 1 aliphatic rings. The Labute approximate surface area is 154 Å². The first-order valence-corrected chi connectivity index (χ1v) is 10.1. The summed E-state index contributed by atoms with van der Waals surface area (Å²) in [5, 5.41) is 5.02. The van der Waals surface area contributed by atoms with Crippen molar-refractivity contribution in [3.63, 3.8) is 0 Å². The third-order valence-corrected chi connectivity index (χ3v) is 5.79. The first-order valence-electron chi connectivity index (χ1n) is 8.02. The molecule has 2 aromatic rings. The smallest absolute Gasteiger partial charge is 0.174 e. The van der Waals surface area contributed by atoms with Crippen LogP contribution in [0.15, 0.2) is 66.1 Å². The molecule has 1 atom stereocenters. The highest BCUT2D eigenvalue weighted by Crippen LogP contribution is 2.19. The van der Waals surface area contributed by atoms with Crippen molar-refractivity contribution in [2.75, 3.05) is 11.1 Å². The lowest BCUT2D eigenvalue weighted by Gasteiger charge is -2.30. The van der Waals surface area contributed by atoms with Gasteiger partial charge in [-0.15, -0.1) is 0 Å². The van der Waals surface area contributed by atoms with E-state index in [1.807, 2.05) is 66.4 Å². The number of nitrogens with one attached hydrogen (secondary N) is 1. The molecule has 6 heteroatoms. The largest absolute Gasteiger partial charge is 0.337 e. The van der Waals surface area contributed by atoms with Crippen molar-refractivity contribution in [1.82, 2.24) is 4.90 Å². The lowest BCUT2D eigenvalue weighted by Crippen LogP contribution is -2.42. The Kier molecular flexibility index (Phi) is 5.20. The van der Waals surface area contributed by atoms with Gasteiger partial charge in [0.2, 0.25) is 0 Å². The Bertz CT molecular complexity index is 875. The first kappa shape index (κ1) is 17.6. The van der Waals surface area contributed by atoms with E-state index in [-0.39, 0.29) is 11.8 Å². The van der Waals surface area contributed by atoms with Crippen LogP contribution < -0.4 is 5.32 Å². The lowest BCUT2D eigenvalue weighted by molar-refractivity contribution is 0.380. The number of aryl methyl sites for hydroxylation is 1. The van der Waals surface area contributed by atoms with Crippen molar-refractivity contribution in [3.8, 4) is 0 Å². The summed E-state index contributed by atoms with van der Waals surface area (Å²) in [6.07, 6.45) is 1.71. The van der Waals surface area contributed by atoms with E-state index in [4.69, 9.17) is 12.2 Å². The molecule has 0 saturated carbocycles. The van der Waals surface area contributed by atoms with Crippen molar-refractivity contribution in [3.05, 3.63) is 77.2 Å². The zero-order valence-corrected chi connectivity index (χ0v) is 15.6. The van der Waals surface area contributed by atoms with Crippen molar-refractivity contribution in [1.29, 1.82) is 0 Å². The maximum atomic E-state index is 11.8. The maximum absolute atomic E-state index is 11.8. The van der Waals surface area contributed by atoms with Gasteiger partial charge in [0.1, 0.15) is 0 Å². The Morgan fingerprint density at radius 3 is 2.44 bits per heavy atom. The molecule has 1 heterocycles. The van der Waals surface area contributed by atoms with Gasteiger partial charge in [0.05, 0.1) is 11.8 Å². The predicted molar refractivity (Wildman–Crippen MR) is 106 cm³/mol. The molecule has 0 fully saturated rings. The number of nitrogens with zero attached hydrogens (tertiary/aromatic N) is 1. The van der Waals surface area contributed by atoms with Gasteiger partial charge in [0.15, 0.2) is 14.9 Å². The van der Waals surface area contributed by atoms with E-state index in [9.17, 15) is 8.42 Å². The fourth-order valence-corrected chi connectivity index (χ4v) is 4.32. The highest BCUT2D eigenvalue weighted by Gasteiger charge is 2.28. The zero-order chi connectivity index (χ0) is 17.9. The Balaban J connectivity index is 1.81. The number of thiocarbonyl (C=S) groups is 1. The van der Waals surface area contributed by atoms with Crippen LogP contribution in [0, 0.1) is 6.92 Å². The molecule has 130 valence electrons. The van der Waals surface area contributed by atoms with Gasteiger partial charge < -0.3 is 10.2 Å². The number of rotatable bonds is 4. The summed E-state index contributed by atoms with van der Waals surface area (Å²) in [6, 6.07) is 17.6. The SMILES string of the molecule is Cc1ccc(NC(=S)N(Cc2ccccc2)[C@@H]2C=CS(=O)(=O)C2)cc1. The molecule has 2 aromatic carbocycles. The quantitative estimate of drug-likeness (QED) is 0.833. The Morgan fingerprint density at radius 2 is 1.84 bits per heavy atom. The Hall–Kier alpha value is -2.18. The molecule has 0 radical (unpaired) electrons. The number of hydrogen-bond donors (Lipinski definition) is 1.